The first-order valence-electron chi connectivity index (χ1n) is 6.03. The summed E-state index contributed by atoms with van der Waals surface area (Å²) in [6.07, 6.45) is 0. The van der Waals surface area contributed by atoms with Crippen molar-refractivity contribution in [3.63, 3.8) is 0 Å². The largest absolute Gasteiger partial charge is 0.497 e. The van der Waals surface area contributed by atoms with Crippen LogP contribution in [-0.2, 0) is 0 Å². The van der Waals surface area contributed by atoms with Crippen LogP contribution in [0.3, 0.4) is 0 Å². The summed E-state index contributed by atoms with van der Waals surface area (Å²) < 4.78 is 5.06. The molecule has 1 aromatic carbocycles. The Kier molecular flexibility index (Phi) is 4.17. The molecule has 20 heavy (non-hydrogen) atoms. The first-order valence-corrected chi connectivity index (χ1v) is 6.03. The number of anilines is 2. The van der Waals surface area contributed by atoms with Crippen molar-refractivity contribution < 1.29 is 9.53 Å². The van der Waals surface area contributed by atoms with E-state index in [2.05, 4.69) is 15.7 Å². The zero-order valence-corrected chi connectivity index (χ0v) is 11.3. The minimum atomic E-state index is -0.225. The molecule has 2 rings (SSSR count). The smallest absolute Gasteiger partial charge is 0.255 e. The Morgan fingerprint density at radius 2 is 1.95 bits per heavy atom. The minimum Gasteiger partial charge on any atom is -0.497 e. The van der Waals surface area contributed by atoms with Gasteiger partial charge in [0.1, 0.15) is 11.6 Å². The molecule has 0 radical (unpaired) electrons. The van der Waals surface area contributed by atoms with Crippen molar-refractivity contribution in [2.45, 2.75) is 6.92 Å². The second-order valence-corrected chi connectivity index (χ2v) is 4.21. The summed E-state index contributed by atoms with van der Waals surface area (Å²) in [4.78, 5) is 16.3. The summed E-state index contributed by atoms with van der Waals surface area (Å²) in [6, 6.07) is 10.4. The maximum atomic E-state index is 12.2. The van der Waals surface area contributed by atoms with Crippen molar-refractivity contribution in [3.05, 3.63) is 47.7 Å². The molecule has 6 heteroatoms. The zero-order chi connectivity index (χ0) is 14.5. The van der Waals surface area contributed by atoms with Gasteiger partial charge in [0, 0.05) is 16.9 Å². The van der Waals surface area contributed by atoms with E-state index in [1.54, 1.807) is 50.4 Å². The number of hydrazine groups is 1. The van der Waals surface area contributed by atoms with Crippen LogP contribution in [-0.4, -0.2) is 18.0 Å². The van der Waals surface area contributed by atoms with Crippen molar-refractivity contribution in [3.8, 4) is 5.75 Å². The third-order valence-electron chi connectivity index (χ3n) is 2.71. The van der Waals surface area contributed by atoms with Crippen LogP contribution in [0, 0.1) is 6.92 Å². The number of nitrogens with two attached hydrogens (primary N) is 1. The fourth-order valence-electron chi connectivity index (χ4n) is 1.75. The predicted molar refractivity (Wildman–Crippen MR) is 77.7 cm³/mol. The Labute approximate surface area is 116 Å². The summed E-state index contributed by atoms with van der Waals surface area (Å²) in [5, 5.41) is 2.80. The van der Waals surface area contributed by atoms with E-state index < -0.39 is 0 Å². The standard InChI is InChI=1S/C14H16N4O2/c1-9-7-10(8-13(16-9)18-15)14(19)17-11-3-5-12(20-2)6-4-11/h3-8H,15H2,1-2H3,(H,16,18)(H,17,19). The number of carbonyl (C=O) groups is 1. The SMILES string of the molecule is COc1ccc(NC(=O)c2cc(C)nc(NN)c2)cc1. The van der Waals surface area contributed by atoms with Crippen LogP contribution < -0.4 is 21.3 Å². The fraction of sp³-hybridized carbons (Fsp3) is 0.143. The van der Waals surface area contributed by atoms with Crippen molar-refractivity contribution in [1.82, 2.24) is 4.98 Å². The lowest BCUT2D eigenvalue weighted by molar-refractivity contribution is 0.102. The predicted octanol–water partition coefficient (Wildman–Crippen LogP) is 1.94. The molecule has 6 nitrogen and oxygen atoms in total. The molecule has 1 heterocycles. The third kappa shape index (κ3) is 3.24. The van der Waals surface area contributed by atoms with Gasteiger partial charge >= 0.3 is 0 Å². The second-order valence-electron chi connectivity index (χ2n) is 4.21. The Morgan fingerprint density at radius 1 is 1.25 bits per heavy atom. The van der Waals surface area contributed by atoms with Crippen LogP contribution in [0.1, 0.15) is 16.1 Å². The number of carbonyl (C=O) groups excluding carboxylic acids is 1. The number of nitrogen functional groups attached to an aromatic ring is 1. The van der Waals surface area contributed by atoms with E-state index >= 15 is 0 Å². The number of ether oxygens (including phenoxy) is 1. The van der Waals surface area contributed by atoms with Crippen LogP contribution in [0.4, 0.5) is 11.5 Å². The molecule has 1 aromatic heterocycles. The van der Waals surface area contributed by atoms with Gasteiger partial charge in [-0.25, -0.2) is 10.8 Å². The molecule has 0 saturated carbocycles. The van der Waals surface area contributed by atoms with E-state index in [0.29, 0.717) is 22.8 Å². The molecule has 4 N–H and O–H groups in total. The van der Waals surface area contributed by atoms with Crippen LogP contribution >= 0.6 is 0 Å². The van der Waals surface area contributed by atoms with E-state index in [0.717, 1.165) is 5.75 Å². The molecule has 0 aliphatic heterocycles. The molecule has 104 valence electrons. The Hall–Kier alpha value is -2.60. The maximum Gasteiger partial charge on any atom is 0.255 e. The summed E-state index contributed by atoms with van der Waals surface area (Å²) in [5.74, 6) is 6.27. The molecular weight excluding hydrogens is 256 g/mol. The fourth-order valence-corrected chi connectivity index (χ4v) is 1.75. The van der Waals surface area contributed by atoms with Gasteiger partial charge in [-0.1, -0.05) is 0 Å². The van der Waals surface area contributed by atoms with Gasteiger partial charge in [0.15, 0.2) is 0 Å². The lowest BCUT2D eigenvalue weighted by atomic mass is 10.2. The number of hydrogen-bond donors (Lipinski definition) is 3. The molecule has 0 saturated heterocycles. The van der Waals surface area contributed by atoms with Crippen molar-refractivity contribution in [2.75, 3.05) is 17.9 Å². The number of methoxy groups -OCH3 is 1. The Bertz CT molecular complexity index is 611. The molecule has 2 aromatic rings. The highest BCUT2D eigenvalue weighted by atomic mass is 16.5. The van der Waals surface area contributed by atoms with Gasteiger partial charge in [-0.2, -0.15) is 0 Å². The molecule has 0 atom stereocenters. The number of hydrogen-bond acceptors (Lipinski definition) is 5. The highest BCUT2D eigenvalue weighted by Gasteiger charge is 2.09. The van der Waals surface area contributed by atoms with E-state index in [1.807, 2.05) is 0 Å². The molecule has 0 fully saturated rings. The molecule has 0 unspecified atom stereocenters. The number of nitrogens with one attached hydrogen (secondary N) is 2. The van der Waals surface area contributed by atoms with Gasteiger partial charge in [-0.05, 0) is 43.3 Å². The highest BCUT2D eigenvalue weighted by Crippen LogP contribution is 2.17. The average molecular weight is 272 g/mol. The van der Waals surface area contributed by atoms with Gasteiger partial charge < -0.3 is 15.5 Å². The number of pyridine rings is 1. The molecule has 0 aliphatic rings. The van der Waals surface area contributed by atoms with E-state index in [9.17, 15) is 4.79 Å². The highest BCUT2D eigenvalue weighted by molar-refractivity contribution is 6.04. The molecule has 0 spiro atoms. The third-order valence-corrected chi connectivity index (χ3v) is 2.71. The van der Waals surface area contributed by atoms with Crippen molar-refractivity contribution in [2.24, 2.45) is 5.84 Å². The normalized spacial score (nSPS) is 9.95. The molecule has 1 amide bonds. The Balaban J connectivity index is 2.16. The molecular formula is C14H16N4O2. The number of rotatable bonds is 4. The van der Waals surface area contributed by atoms with Crippen LogP contribution in [0.5, 0.6) is 5.75 Å². The summed E-state index contributed by atoms with van der Waals surface area (Å²) >= 11 is 0. The van der Waals surface area contributed by atoms with Gasteiger partial charge in [0.2, 0.25) is 0 Å². The molecule has 0 bridgehead atoms. The lowest BCUT2D eigenvalue weighted by Gasteiger charge is -2.08. The Morgan fingerprint density at radius 3 is 2.55 bits per heavy atom. The maximum absolute atomic E-state index is 12.2. The van der Waals surface area contributed by atoms with Gasteiger partial charge in [0.25, 0.3) is 5.91 Å². The van der Waals surface area contributed by atoms with E-state index in [1.165, 1.54) is 0 Å². The van der Waals surface area contributed by atoms with Crippen LogP contribution in [0.25, 0.3) is 0 Å². The summed E-state index contributed by atoms with van der Waals surface area (Å²) in [5.41, 5.74) is 4.32. The van der Waals surface area contributed by atoms with Crippen molar-refractivity contribution >= 4 is 17.4 Å². The minimum absolute atomic E-state index is 0.225. The monoisotopic (exact) mass is 272 g/mol. The number of aromatic nitrogens is 1. The molecule has 0 aliphatic carbocycles. The zero-order valence-electron chi connectivity index (χ0n) is 11.3. The van der Waals surface area contributed by atoms with Crippen LogP contribution in [0.15, 0.2) is 36.4 Å². The van der Waals surface area contributed by atoms with Crippen molar-refractivity contribution in [1.29, 1.82) is 0 Å². The first kappa shape index (κ1) is 13.8. The average Bonchev–Trinajstić information content (AvgIpc) is 2.47. The summed E-state index contributed by atoms with van der Waals surface area (Å²) in [7, 11) is 1.59. The van der Waals surface area contributed by atoms with Crippen LogP contribution in [0.2, 0.25) is 0 Å². The van der Waals surface area contributed by atoms with E-state index in [-0.39, 0.29) is 5.91 Å². The number of amides is 1. The van der Waals surface area contributed by atoms with Gasteiger partial charge in [0.05, 0.1) is 7.11 Å². The summed E-state index contributed by atoms with van der Waals surface area (Å²) in [6.45, 7) is 1.80. The lowest BCUT2D eigenvalue weighted by Crippen LogP contribution is -2.15. The van der Waals surface area contributed by atoms with E-state index in [4.69, 9.17) is 10.6 Å². The van der Waals surface area contributed by atoms with Gasteiger partial charge in [-0.3, -0.25) is 4.79 Å². The first-order chi connectivity index (χ1) is 9.62. The number of benzene rings is 1. The number of nitrogens with zero attached hydrogens (tertiary/aromatic N) is 1. The number of aryl methyl sites for hydroxylation is 1. The topological polar surface area (TPSA) is 89.3 Å². The quantitative estimate of drug-likeness (QED) is 0.584. The second kappa shape index (κ2) is 6.03. The van der Waals surface area contributed by atoms with Gasteiger partial charge in [-0.15, -0.1) is 0 Å².